The van der Waals surface area contributed by atoms with Gasteiger partial charge in [-0.25, -0.2) is 9.97 Å². The van der Waals surface area contributed by atoms with E-state index in [9.17, 15) is 4.79 Å². The average molecular weight is 434 g/mol. The maximum atomic E-state index is 13.4. The summed E-state index contributed by atoms with van der Waals surface area (Å²) >= 11 is 7.78. The summed E-state index contributed by atoms with van der Waals surface area (Å²) < 4.78 is 2.56. The molecule has 8 heteroatoms. The van der Waals surface area contributed by atoms with Crippen LogP contribution < -0.4 is 10.9 Å². The van der Waals surface area contributed by atoms with E-state index < -0.39 is 0 Å². The first kappa shape index (κ1) is 18.7. The molecule has 1 N–H and O–H groups in total. The van der Waals surface area contributed by atoms with Crippen LogP contribution in [0.2, 0.25) is 5.02 Å². The predicted molar refractivity (Wildman–Crippen MR) is 122 cm³/mol. The zero-order chi connectivity index (χ0) is 20.7. The molecule has 0 aliphatic carbocycles. The molecule has 5 rings (SSSR count). The van der Waals surface area contributed by atoms with Crippen LogP contribution in [0.3, 0.4) is 0 Å². The predicted octanol–water partition coefficient (Wildman–Crippen LogP) is 5.22. The molecule has 0 unspecified atom stereocenters. The van der Waals surface area contributed by atoms with E-state index in [0.29, 0.717) is 21.7 Å². The molecule has 4 aromatic heterocycles. The molecule has 1 atom stereocenters. The second-order valence-electron chi connectivity index (χ2n) is 6.83. The van der Waals surface area contributed by atoms with Gasteiger partial charge >= 0.3 is 0 Å². The highest BCUT2D eigenvalue weighted by molar-refractivity contribution is 7.17. The summed E-state index contributed by atoms with van der Waals surface area (Å²) in [5.74, 6) is 0.615. The SMILES string of the molecule is C[C@H](Nc1ncnc2cccnc12)c1cc2scc(Cl)c2c(=O)n1-c1ccccc1. The molecule has 0 saturated heterocycles. The largest absolute Gasteiger partial charge is 0.360 e. The summed E-state index contributed by atoms with van der Waals surface area (Å²) in [6.07, 6.45) is 3.22. The number of fused-ring (bicyclic) bond motifs is 2. The summed E-state index contributed by atoms with van der Waals surface area (Å²) in [7, 11) is 0. The van der Waals surface area contributed by atoms with Crippen molar-refractivity contribution in [1.82, 2.24) is 19.5 Å². The molecule has 4 heterocycles. The molecule has 6 nitrogen and oxygen atoms in total. The molecule has 0 amide bonds. The van der Waals surface area contributed by atoms with E-state index in [1.165, 1.54) is 17.7 Å². The Hall–Kier alpha value is -3.29. The first-order chi connectivity index (χ1) is 14.6. The molecule has 0 saturated carbocycles. The van der Waals surface area contributed by atoms with Crippen LogP contribution in [0.4, 0.5) is 5.82 Å². The van der Waals surface area contributed by atoms with Gasteiger partial charge in [0.1, 0.15) is 11.8 Å². The van der Waals surface area contributed by atoms with Crippen molar-refractivity contribution in [3.8, 4) is 5.69 Å². The highest BCUT2D eigenvalue weighted by Gasteiger charge is 2.20. The van der Waals surface area contributed by atoms with Crippen LogP contribution >= 0.6 is 22.9 Å². The minimum Gasteiger partial charge on any atom is -0.360 e. The van der Waals surface area contributed by atoms with Gasteiger partial charge in [-0.1, -0.05) is 29.8 Å². The molecular weight excluding hydrogens is 418 g/mol. The van der Waals surface area contributed by atoms with E-state index in [2.05, 4.69) is 20.3 Å². The van der Waals surface area contributed by atoms with Crippen molar-refractivity contribution in [2.24, 2.45) is 0 Å². The molecular formula is C22H16ClN5OS. The highest BCUT2D eigenvalue weighted by Crippen LogP contribution is 2.31. The Labute approximate surface area is 180 Å². The third kappa shape index (κ3) is 3.12. The minimum absolute atomic E-state index is 0.140. The van der Waals surface area contributed by atoms with Gasteiger partial charge in [0.2, 0.25) is 0 Å². The number of pyridine rings is 2. The lowest BCUT2D eigenvalue weighted by molar-refractivity contribution is 0.774. The fraction of sp³-hybridized carbons (Fsp3) is 0.0909. The van der Waals surface area contributed by atoms with Gasteiger partial charge in [-0.2, -0.15) is 0 Å². The van der Waals surface area contributed by atoms with Gasteiger partial charge in [0.15, 0.2) is 5.82 Å². The Morgan fingerprint density at radius 3 is 2.77 bits per heavy atom. The van der Waals surface area contributed by atoms with Crippen molar-refractivity contribution in [2.75, 3.05) is 5.32 Å². The van der Waals surface area contributed by atoms with Crippen LogP contribution in [0.25, 0.3) is 26.8 Å². The van der Waals surface area contributed by atoms with Crippen molar-refractivity contribution in [3.05, 3.63) is 87.5 Å². The fourth-order valence-electron chi connectivity index (χ4n) is 3.53. The van der Waals surface area contributed by atoms with Crippen molar-refractivity contribution < 1.29 is 0 Å². The van der Waals surface area contributed by atoms with E-state index in [1.807, 2.05) is 55.5 Å². The quantitative estimate of drug-likeness (QED) is 0.420. The summed E-state index contributed by atoms with van der Waals surface area (Å²) in [4.78, 5) is 26.5. The van der Waals surface area contributed by atoms with Crippen LogP contribution in [0.5, 0.6) is 0 Å². The zero-order valence-electron chi connectivity index (χ0n) is 15.9. The first-order valence-corrected chi connectivity index (χ1v) is 10.6. The molecule has 148 valence electrons. The van der Waals surface area contributed by atoms with E-state index in [1.54, 1.807) is 16.1 Å². The number of nitrogens with zero attached hydrogens (tertiary/aromatic N) is 4. The van der Waals surface area contributed by atoms with Crippen LogP contribution in [0.1, 0.15) is 18.7 Å². The smallest absolute Gasteiger partial charge is 0.265 e. The van der Waals surface area contributed by atoms with Gasteiger partial charge in [0, 0.05) is 27.7 Å². The summed E-state index contributed by atoms with van der Waals surface area (Å²) in [6, 6.07) is 15.1. The molecule has 0 aliphatic rings. The van der Waals surface area contributed by atoms with Crippen LogP contribution in [-0.2, 0) is 0 Å². The minimum atomic E-state index is -0.233. The molecule has 0 aliphatic heterocycles. The van der Waals surface area contributed by atoms with Crippen LogP contribution in [0, 0.1) is 0 Å². The van der Waals surface area contributed by atoms with E-state index >= 15 is 0 Å². The number of nitrogens with one attached hydrogen (secondary N) is 1. The second kappa shape index (κ2) is 7.51. The molecule has 0 radical (unpaired) electrons. The maximum Gasteiger partial charge on any atom is 0.265 e. The third-order valence-corrected chi connectivity index (χ3v) is 6.29. The molecule has 0 spiro atoms. The van der Waals surface area contributed by atoms with Gasteiger partial charge in [0.05, 0.1) is 22.0 Å². The van der Waals surface area contributed by atoms with Gasteiger partial charge in [-0.05, 0) is 37.3 Å². The number of rotatable bonds is 4. The average Bonchev–Trinajstić information content (AvgIpc) is 3.15. The van der Waals surface area contributed by atoms with E-state index in [0.717, 1.165) is 21.6 Å². The number of para-hydroxylation sites is 1. The monoisotopic (exact) mass is 433 g/mol. The van der Waals surface area contributed by atoms with Crippen molar-refractivity contribution in [1.29, 1.82) is 0 Å². The lowest BCUT2D eigenvalue weighted by Gasteiger charge is -2.21. The number of thiophene rings is 1. The Kier molecular flexibility index (Phi) is 4.69. The number of anilines is 1. The number of halogens is 1. The van der Waals surface area contributed by atoms with Crippen LogP contribution in [0.15, 0.2) is 71.2 Å². The van der Waals surface area contributed by atoms with Gasteiger partial charge in [-0.15, -0.1) is 11.3 Å². The molecule has 0 fully saturated rings. The third-order valence-electron chi connectivity index (χ3n) is 4.93. The maximum absolute atomic E-state index is 13.4. The Morgan fingerprint density at radius 2 is 1.93 bits per heavy atom. The lowest BCUT2D eigenvalue weighted by Crippen LogP contribution is -2.25. The van der Waals surface area contributed by atoms with Gasteiger partial charge < -0.3 is 5.32 Å². The normalized spacial score (nSPS) is 12.3. The standard InChI is InChI=1S/C22H16ClN5OS/c1-13(27-21-20-16(25-12-26-21)8-5-9-24-20)17-10-18-19(15(23)11-30-18)22(29)28(17)14-6-3-2-4-7-14/h2-13H,1H3,(H,25,26,27)/t13-/m0/s1. The molecule has 1 aromatic carbocycles. The zero-order valence-corrected chi connectivity index (χ0v) is 17.5. The second-order valence-corrected chi connectivity index (χ2v) is 8.15. The van der Waals surface area contributed by atoms with Crippen molar-refractivity contribution in [3.63, 3.8) is 0 Å². The van der Waals surface area contributed by atoms with E-state index in [-0.39, 0.29) is 11.6 Å². The lowest BCUT2D eigenvalue weighted by atomic mass is 10.1. The molecule has 5 aromatic rings. The Balaban J connectivity index is 1.69. The molecule has 30 heavy (non-hydrogen) atoms. The summed E-state index contributed by atoms with van der Waals surface area (Å²) in [6.45, 7) is 1.99. The number of benzene rings is 1. The van der Waals surface area contributed by atoms with Crippen LogP contribution in [-0.4, -0.2) is 19.5 Å². The van der Waals surface area contributed by atoms with E-state index in [4.69, 9.17) is 11.6 Å². The molecule has 0 bridgehead atoms. The highest BCUT2D eigenvalue weighted by atomic mass is 35.5. The Morgan fingerprint density at radius 1 is 1.10 bits per heavy atom. The summed E-state index contributed by atoms with van der Waals surface area (Å²) in [5, 5.41) is 6.22. The topological polar surface area (TPSA) is 72.7 Å². The van der Waals surface area contributed by atoms with Gasteiger partial charge in [-0.3, -0.25) is 14.3 Å². The van der Waals surface area contributed by atoms with Crippen molar-refractivity contribution >= 4 is 49.9 Å². The first-order valence-electron chi connectivity index (χ1n) is 9.34. The fourth-order valence-corrected chi connectivity index (χ4v) is 4.76. The van der Waals surface area contributed by atoms with Gasteiger partial charge in [0.25, 0.3) is 5.56 Å². The van der Waals surface area contributed by atoms with Crippen molar-refractivity contribution in [2.45, 2.75) is 13.0 Å². The number of aromatic nitrogens is 4. The Bertz CT molecular complexity index is 1430. The number of hydrogen-bond acceptors (Lipinski definition) is 6. The number of hydrogen-bond donors (Lipinski definition) is 1. The summed E-state index contributed by atoms with van der Waals surface area (Å²) in [5.41, 5.74) is 2.88.